The first-order chi connectivity index (χ1) is 41.4. The number of amides is 1. The van der Waals surface area contributed by atoms with Crippen LogP contribution in [-0.4, -0.2) is 166 Å². The largest absolute Gasteiger partial charge is 0.394 e. The van der Waals surface area contributed by atoms with Gasteiger partial charge in [0.05, 0.1) is 0 Å². The summed E-state index contributed by atoms with van der Waals surface area (Å²) < 4.78 is 0. The van der Waals surface area contributed by atoms with Crippen LogP contribution < -0.4 is 64.3 Å². The predicted molar refractivity (Wildman–Crippen MR) is 395 cm³/mol. The van der Waals surface area contributed by atoms with E-state index in [2.05, 4.69) is 150 Å². The Morgan fingerprint density at radius 2 is 0.489 bits per heavy atom. The van der Waals surface area contributed by atoms with Crippen LogP contribution in [0.1, 0.15) is 175 Å². The molecule has 0 aliphatic carbocycles. The maximum absolute atomic E-state index is 10.7. The molecule has 1 aliphatic rings. The van der Waals surface area contributed by atoms with Gasteiger partial charge in [-0.15, -0.1) is 0 Å². The van der Waals surface area contributed by atoms with Crippen LogP contribution in [0.3, 0.4) is 0 Å². The van der Waals surface area contributed by atoms with Gasteiger partial charge in [-0.25, -0.2) is 0 Å². The van der Waals surface area contributed by atoms with Gasteiger partial charge in [0.2, 0.25) is 5.91 Å². The smallest absolute Gasteiger partial charge is 0.219 e. The Kier molecular flexibility index (Phi) is 980. The number of aliphatic hydroxyl groups is 1. The molecule has 1 fully saturated rings. The van der Waals surface area contributed by atoms with E-state index in [1.807, 2.05) is 147 Å². The van der Waals surface area contributed by atoms with Crippen LogP contribution in [0.5, 0.6) is 0 Å². The van der Waals surface area contributed by atoms with Crippen molar-refractivity contribution in [2.24, 2.45) is 57.7 Å². The Hall–Kier alpha value is -6.20. The number of piperidine rings is 1. The molecule has 0 bridgehead atoms. The van der Waals surface area contributed by atoms with Crippen LogP contribution in [0.25, 0.3) is 0 Å². The van der Waals surface area contributed by atoms with Gasteiger partial charge < -0.3 is 127 Å². The molecule has 26 N–H and O–H groups in total. The lowest BCUT2D eigenvalue weighted by Crippen LogP contribution is -2.33. The van der Waals surface area contributed by atoms with Crippen molar-refractivity contribution in [3.63, 3.8) is 0 Å². The fraction of sp³-hybridized carbons (Fsp3) is 0.619. The number of carbonyl (C=O) groups excluding carboxylic acids is 12. The molecule has 0 unspecified atom stereocenters. The molecule has 0 saturated carbocycles. The van der Waals surface area contributed by atoms with Crippen molar-refractivity contribution in [3.05, 3.63) is 71.8 Å². The number of likely N-dealkylation sites (tertiary alicyclic amines) is 1. The van der Waals surface area contributed by atoms with Gasteiger partial charge in [-0.1, -0.05) is 184 Å². The Bertz CT molecular complexity index is 881. The number of benzene rings is 2. The van der Waals surface area contributed by atoms with Crippen molar-refractivity contribution in [2.45, 2.75) is 183 Å². The van der Waals surface area contributed by atoms with E-state index in [-0.39, 0.29) is 30.5 Å². The van der Waals surface area contributed by atoms with Crippen LogP contribution in [0, 0.1) is 11.8 Å². The second-order valence-electron chi connectivity index (χ2n) is 10.9. The average Bonchev–Trinajstić information content (AvgIpc) is 3.65. The highest BCUT2D eigenvalue weighted by molar-refractivity contribution is 5.73. The first kappa shape index (κ1) is 192. The molecule has 0 radical (unpaired) electrons. The van der Waals surface area contributed by atoms with E-state index in [9.17, 15) is 4.79 Å². The summed E-state index contributed by atoms with van der Waals surface area (Å²) in [7, 11) is 12.0. The molecular formula is C63H160N12O13. The maximum Gasteiger partial charge on any atom is 0.219 e. The van der Waals surface area contributed by atoms with Gasteiger partial charge in [0.15, 0.2) is 0 Å². The Balaban J connectivity index is -0.0000000156. The topological polar surface area (TPSA) is 541 Å². The van der Waals surface area contributed by atoms with E-state index in [1.54, 1.807) is 20.8 Å². The number of rotatable bonds is 4. The highest BCUT2D eigenvalue weighted by Gasteiger charge is 2.11. The zero-order chi connectivity index (χ0) is 76.5. The average molecular weight is 1290 g/mol. The number of nitrogens with two attached hydrogens (primary N) is 8. The quantitative estimate of drug-likeness (QED) is 0.136. The highest BCUT2D eigenvalue weighted by atomic mass is 16.3. The van der Waals surface area contributed by atoms with Crippen LogP contribution in [0.4, 0.5) is 0 Å². The van der Waals surface area contributed by atoms with Crippen molar-refractivity contribution in [2.75, 3.05) is 69.5 Å². The SMILES string of the molecule is C=O.C=O.C=O.C=O.C=O.C=O.C=O.C=O.C=O.C=O.C=O.CC.CC.CC.CC.CC(=O)N1CCCCC1.CC(C)O.CCC(C)C.CCC(C)C.CCc1ccccc1.CCc1ccccc1.CN.CN.CN.CN.CN.CN.CN.CN.N.N.N. The van der Waals surface area contributed by atoms with Crippen molar-refractivity contribution in [3.8, 4) is 0 Å². The van der Waals surface area contributed by atoms with E-state index in [4.69, 9.17) is 57.8 Å². The standard InChI is InChI=1S/2C8H10.C7H13NO.2C5H12.C3H8O.4C2H6.8CH5N.11CH2O.3H3N/c2*1-2-8-6-4-3-5-7-8;1-7(9)8-5-3-2-4-6-8;2*1-4-5(2)3;1-3(2)4;23*1-2;;;/h2*3-7H,2H2,1H3;2-6H2,1H3;2*5H,4H2,1-3H3;3-4H,1-2H3;4*1-2H3;8*2H2,1H3;11*1H2;3*1H3. The van der Waals surface area contributed by atoms with Crippen molar-refractivity contribution in [1.29, 1.82) is 0 Å². The summed E-state index contributed by atoms with van der Waals surface area (Å²) in [5, 5.41) is 8.06. The highest BCUT2D eigenvalue weighted by Crippen LogP contribution is 2.07. The van der Waals surface area contributed by atoms with E-state index in [0.29, 0.717) is 0 Å². The van der Waals surface area contributed by atoms with Crippen LogP contribution >= 0.6 is 0 Å². The van der Waals surface area contributed by atoms with E-state index in [0.717, 1.165) is 37.8 Å². The lowest BCUT2D eigenvalue weighted by molar-refractivity contribution is -0.129. The molecule has 88 heavy (non-hydrogen) atoms. The van der Waals surface area contributed by atoms with Crippen molar-refractivity contribution < 1.29 is 62.6 Å². The Labute approximate surface area is 546 Å². The first-order valence-electron chi connectivity index (χ1n) is 27.3. The molecule has 0 spiro atoms. The van der Waals surface area contributed by atoms with Gasteiger partial charge >= 0.3 is 0 Å². The van der Waals surface area contributed by atoms with Gasteiger partial charge in [-0.3, -0.25) is 4.79 Å². The second-order valence-corrected chi connectivity index (χ2v) is 10.9. The third kappa shape index (κ3) is 558. The Morgan fingerprint density at radius 1 is 0.364 bits per heavy atom. The van der Waals surface area contributed by atoms with Gasteiger partial charge in [-0.05, 0) is 125 Å². The molecule has 0 aromatic heterocycles. The zero-order valence-electron chi connectivity index (χ0n) is 62.7. The predicted octanol–water partition coefficient (Wildman–Crippen LogP) is 9.16. The van der Waals surface area contributed by atoms with Gasteiger partial charge in [-0.2, -0.15) is 0 Å². The normalized spacial score (nSPS) is 6.51. The molecule has 550 valence electrons. The number of aryl methyl sites for hydroxylation is 2. The molecule has 2 aromatic carbocycles. The molecule has 25 nitrogen and oxygen atoms in total. The lowest BCUT2D eigenvalue weighted by Gasteiger charge is -2.24. The summed E-state index contributed by atoms with van der Waals surface area (Å²) in [4.78, 5) is 101. The maximum atomic E-state index is 10.7. The van der Waals surface area contributed by atoms with Crippen molar-refractivity contribution >= 4 is 80.6 Å². The van der Waals surface area contributed by atoms with Crippen molar-refractivity contribution in [1.82, 2.24) is 23.4 Å². The van der Waals surface area contributed by atoms with E-state index in [1.165, 1.54) is 99.6 Å². The first-order valence-corrected chi connectivity index (χ1v) is 27.3. The fourth-order valence-corrected chi connectivity index (χ4v) is 2.64. The summed E-state index contributed by atoms with van der Waals surface area (Å²) in [5.41, 5.74) is 38.8. The molecule has 1 amide bonds. The van der Waals surface area contributed by atoms with Gasteiger partial charge in [0.1, 0.15) is 74.7 Å². The van der Waals surface area contributed by atoms with Crippen LogP contribution in [0.15, 0.2) is 60.7 Å². The minimum atomic E-state index is -0.167. The second kappa shape index (κ2) is 450. The molecule has 1 aliphatic heterocycles. The van der Waals surface area contributed by atoms with Crippen LogP contribution in [0.2, 0.25) is 0 Å². The third-order valence-corrected chi connectivity index (χ3v) is 5.94. The number of hydrogen-bond acceptors (Lipinski definition) is 24. The lowest BCUT2D eigenvalue weighted by atomic mass is 10.1. The number of aliphatic hydroxyl groups excluding tert-OH is 1. The third-order valence-electron chi connectivity index (χ3n) is 5.94. The number of hydrogen-bond donors (Lipinski definition) is 12. The Morgan fingerprint density at radius 3 is 0.557 bits per heavy atom. The van der Waals surface area contributed by atoms with Gasteiger partial charge in [0, 0.05) is 26.1 Å². The minimum absolute atomic E-state index is 0. The summed E-state index contributed by atoms with van der Waals surface area (Å²) in [6.45, 7) is 62.7. The van der Waals surface area contributed by atoms with Gasteiger partial charge in [0.25, 0.3) is 0 Å². The van der Waals surface area contributed by atoms with E-state index >= 15 is 0 Å². The molecular weight excluding hydrogens is 1130 g/mol. The summed E-state index contributed by atoms with van der Waals surface area (Å²) in [5.74, 6) is 2.00. The fourth-order valence-electron chi connectivity index (χ4n) is 2.64. The molecule has 0 atom stereocenters. The summed E-state index contributed by atoms with van der Waals surface area (Å²) >= 11 is 0. The monoisotopic (exact) mass is 1290 g/mol. The zero-order valence-corrected chi connectivity index (χ0v) is 62.7. The summed E-state index contributed by atoms with van der Waals surface area (Å²) in [6, 6.07) is 20.9. The number of carbonyl (C=O) groups is 12. The molecule has 1 heterocycles. The van der Waals surface area contributed by atoms with Crippen LogP contribution in [-0.2, 0) is 70.4 Å². The molecule has 25 heteroatoms. The van der Waals surface area contributed by atoms with E-state index < -0.39 is 0 Å². The minimum Gasteiger partial charge on any atom is -0.394 e. The summed E-state index contributed by atoms with van der Waals surface area (Å²) in [6.07, 6.45) is 8.41. The molecule has 3 rings (SSSR count). The number of nitrogens with zero attached hydrogens (tertiary/aromatic N) is 1. The molecule has 2 aromatic rings. The molecule has 1 saturated heterocycles.